The predicted molar refractivity (Wildman–Crippen MR) is 75.0 cm³/mol. The molecule has 0 atom stereocenters. The molecular weight excluding hydrogens is 258 g/mol. The average Bonchev–Trinajstić information content (AvgIpc) is 2.40. The molecule has 0 saturated carbocycles. The third-order valence-corrected chi connectivity index (χ3v) is 3.01. The van der Waals surface area contributed by atoms with Gasteiger partial charge in [-0.15, -0.1) is 0 Å². The van der Waals surface area contributed by atoms with E-state index in [1.807, 2.05) is 13.0 Å². The van der Waals surface area contributed by atoms with Crippen molar-refractivity contribution in [3.63, 3.8) is 0 Å². The highest BCUT2D eigenvalue weighted by Crippen LogP contribution is 2.29. The van der Waals surface area contributed by atoms with Gasteiger partial charge in [0.1, 0.15) is 11.5 Å². The van der Waals surface area contributed by atoms with Gasteiger partial charge in [0.2, 0.25) is 0 Å². The van der Waals surface area contributed by atoms with Crippen molar-refractivity contribution in [1.82, 2.24) is 0 Å². The maximum Gasteiger partial charge on any atom is 0.272 e. The first-order valence-corrected chi connectivity index (χ1v) is 6.14. The number of hydrogen-bond donors (Lipinski definition) is 1. The van der Waals surface area contributed by atoms with Crippen LogP contribution < -0.4 is 4.74 Å². The molecule has 0 aliphatic rings. The first-order valence-electron chi connectivity index (χ1n) is 6.14. The lowest BCUT2D eigenvalue weighted by Crippen LogP contribution is -1.94. The highest BCUT2D eigenvalue weighted by atomic mass is 16.6. The normalized spacial score (nSPS) is 10.3. The van der Waals surface area contributed by atoms with Gasteiger partial charge in [0.05, 0.1) is 11.5 Å². The zero-order valence-electron chi connectivity index (χ0n) is 11.3. The standard InChI is InChI=1S/C15H15NO4/c1-10-8-13(4-5-14(10)16(18)19)20-15-6-3-12(9-17)7-11(15)2/h3-8,17H,9H2,1-2H3. The molecule has 20 heavy (non-hydrogen) atoms. The van der Waals surface area contributed by atoms with Crippen molar-refractivity contribution in [2.75, 3.05) is 0 Å². The van der Waals surface area contributed by atoms with Crippen LogP contribution >= 0.6 is 0 Å². The van der Waals surface area contributed by atoms with Gasteiger partial charge in [-0.3, -0.25) is 10.1 Å². The number of aliphatic hydroxyl groups excluding tert-OH is 1. The summed E-state index contributed by atoms with van der Waals surface area (Å²) in [6, 6.07) is 10.0. The molecule has 0 aliphatic heterocycles. The number of benzene rings is 2. The molecule has 0 spiro atoms. The van der Waals surface area contributed by atoms with Crippen LogP contribution in [0.1, 0.15) is 16.7 Å². The highest BCUT2D eigenvalue weighted by Gasteiger charge is 2.11. The van der Waals surface area contributed by atoms with Crippen LogP contribution in [0.15, 0.2) is 36.4 Å². The predicted octanol–water partition coefficient (Wildman–Crippen LogP) is 3.50. The monoisotopic (exact) mass is 273 g/mol. The van der Waals surface area contributed by atoms with Crippen molar-refractivity contribution in [1.29, 1.82) is 0 Å². The van der Waals surface area contributed by atoms with Gasteiger partial charge in [-0.25, -0.2) is 0 Å². The Morgan fingerprint density at radius 3 is 2.45 bits per heavy atom. The number of aliphatic hydroxyl groups is 1. The fourth-order valence-electron chi connectivity index (χ4n) is 1.95. The minimum absolute atomic E-state index is 0.0161. The van der Waals surface area contributed by atoms with Crippen LogP contribution in [-0.4, -0.2) is 10.0 Å². The molecule has 0 saturated heterocycles. The Hall–Kier alpha value is -2.40. The van der Waals surface area contributed by atoms with Crippen molar-refractivity contribution in [3.8, 4) is 11.5 Å². The Balaban J connectivity index is 2.26. The van der Waals surface area contributed by atoms with Crippen molar-refractivity contribution in [2.45, 2.75) is 20.5 Å². The van der Waals surface area contributed by atoms with E-state index >= 15 is 0 Å². The van der Waals surface area contributed by atoms with Gasteiger partial charge in [0.25, 0.3) is 5.69 Å². The van der Waals surface area contributed by atoms with Crippen LogP contribution in [0.25, 0.3) is 0 Å². The number of aryl methyl sites for hydroxylation is 2. The molecule has 5 nitrogen and oxygen atoms in total. The van der Waals surface area contributed by atoms with E-state index in [2.05, 4.69) is 0 Å². The minimum Gasteiger partial charge on any atom is -0.457 e. The minimum atomic E-state index is -0.416. The topological polar surface area (TPSA) is 72.6 Å². The molecule has 2 rings (SSSR count). The molecule has 0 aromatic heterocycles. The maximum absolute atomic E-state index is 10.8. The Morgan fingerprint density at radius 2 is 1.90 bits per heavy atom. The quantitative estimate of drug-likeness (QED) is 0.683. The molecule has 0 aliphatic carbocycles. The number of rotatable bonds is 4. The van der Waals surface area contributed by atoms with Crippen LogP contribution in [0.2, 0.25) is 0 Å². The zero-order valence-corrected chi connectivity index (χ0v) is 11.3. The second kappa shape index (κ2) is 5.71. The molecular formula is C15H15NO4. The lowest BCUT2D eigenvalue weighted by molar-refractivity contribution is -0.385. The summed E-state index contributed by atoms with van der Waals surface area (Å²) in [7, 11) is 0. The fourth-order valence-corrected chi connectivity index (χ4v) is 1.95. The van der Waals surface area contributed by atoms with Crippen molar-refractivity contribution in [3.05, 3.63) is 63.2 Å². The van der Waals surface area contributed by atoms with E-state index in [1.54, 1.807) is 31.2 Å². The molecule has 104 valence electrons. The number of nitro benzene ring substituents is 1. The summed E-state index contributed by atoms with van der Waals surface area (Å²) in [4.78, 5) is 10.3. The summed E-state index contributed by atoms with van der Waals surface area (Å²) in [6.07, 6.45) is 0. The third-order valence-electron chi connectivity index (χ3n) is 3.01. The lowest BCUT2D eigenvalue weighted by Gasteiger charge is -2.10. The molecule has 1 N–H and O–H groups in total. The number of hydrogen-bond acceptors (Lipinski definition) is 4. The largest absolute Gasteiger partial charge is 0.457 e. The van der Waals surface area contributed by atoms with Gasteiger partial charge in [-0.05, 0) is 43.2 Å². The molecule has 2 aromatic carbocycles. The number of nitrogens with zero attached hydrogens (tertiary/aromatic N) is 1. The summed E-state index contributed by atoms with van der Waals surface area (Å²) < 4.78 is 5.72. The van der Waals surface area contributed by atoms with E-state index in [0.29, 0.717) is 17.1 Å². The molecule has 5 heteroatoms. The Labute approximate surface area is 116 Å². The Kier molecular flexibility index (Phi) is 4.00. The van der Waals surface area contributed by atoms with E-state index in [1.165, 1.54) is 6.07 Å². The second-order valence-corrected chi connectivity index (χ2v) is 4.57. The van der Waals surface area contributed by atoms with E-state index in [9.17, 15) is 10.1 Å². The van der Waals surface area contributed by atoms with Crippen LogP contribution in [0.3, 0.4) is 0 Å². The van der Waals surface area contributed by atoms with Gasteiger partial charge in [-0.1, -0.05) is 12.1 Å². The van der Waals surface area contributed by atoms with Gasteiger partial charge >= 0.3 is 0 Å². The Morgan fingerprint density at radius 1 is 1.15 bits per heavy atom. The number of nitro groups is 1. The molecule has 0 bridgehead atoms. The maximum atomic E-state index is 10.8. The smallest absolute Gasteiger partial charge is 0.272 e. The van der Waals surface area contributed by atoms with Crippen LogP contribution in [0.4, 0.5) is 5.69 Å². The summed E-state index contributed by atoms with van der Waals surface area (Å²) in [5, 5.41) is 19.8. The van der Waals surface area contributed by atoms with E-state index in [4.69, 9.17) is 9.84 Å². The van der Waals surface area contributed by atoms with Crippen LogP contribution in [-0.2, 0) is 6.61 Å². The summed E-state index contributed by atoms with van der Waals surface area (Å²) in [5.41, 5.74) is 2.34. The van der Waals surface area contributed by atoms with Crippen molar-refractivity contribution in [2.24, 2.45) is 0 Å². The second-order valence-electron chi connectivity index (χ2n) is 4.57. The number of ether oxygens (including phenoxy) is 1. The molecule has 0 unspecified atom stereocenters. The van der Waals surface area contributed by atoms with E-state index < -0.39 is 4.92 Å². The zero-order chi connectivity index (χ0) is 14.7. The van der Waals surface area contributed by atoms with Gasteiger partial charge < -0.3 is 9.84 Å². The molecule has 0 amide bonds. The SMILES string of the molecule is Cc1cc(CO)ccc1Oc1ccc([N+](=O)[O-])c(C)c1. The van der Waals surface area contributed by atoms with Crippen LogP contribution in [0.5, 0.6) is 11.5 Å². The van der Waals surface area contributed by atoms with Crippen molar-refractivity contribution >= 4 is 5.69 Å². The lowest BCUT2D eigenvalue weighted by atomic mass is 10.1. The molecule has 0 heterocycles. The van der Waals surface area contributed by atoms with Crippen molar-refractivity contribution < 1.29 is 14.8 Å². The van der Waals surface area contributed by atoms with E-state index in [0.717, 1.165) is 11.1 Å². The Bertz CT molecular complexity index is 652. The van der Waals surface area contributed by atoms with E-state index in [-0.39, 0.29) is 12.3 Å². The third kappa shape index (κ3) is 2.95. The summed E-state index contributed by atoms with van der Waals surface area (Å²) >= 11 is 0. The first-order chi connectivity index (χ1) is 9.51. The average molecular weight is 273 g/mol. The van der Waals surface area contributed by atoms with Gasteiger partial charge in [0.15, 0.2) is 0 Å². The molecule has 0 fully saturated rings. The molecule has 0 radical (unpaired) electrons. The highest BCUT2D eigenvalue weighted by molar-refractivity contribution is 5.46. The molecule has 2 aromatic rings. The fraction of sp³-hybridized carbons (Fsp3) is 0.200. The summed E-state index contributed by atoms with van der Waals surface area (Å²) in [5.74, 6) is 1.21. The van der Waals surface area contributed by atoms with Gasteiger partial charge in [-0.2, -0.15) is 0 Å². The first kappa shape index (κ1) is 14.0. The summed E-state index contributed by atoms with van der Waals surface area (Å²) in [6.45, 7) is 3.54. The van der Waals surface area contributed by atoms with Crippen LogP contribution in [0, 0.1) is 24.0 Å². The van der Waals surface area contributed by atoms with Gasteiger partial charge in [0, 0.05) is 11.6 Å².